The highest BCUT2D eigenvalue weighted by molar-refractivity contribution is 8.00. The minimum Gasteiger partial charge on any atom is -0.392 e. The fourth-order valence-corrected chi connectivity index (χ4v) is 3.87. The van der Waals surface area contributed by atoms with Crippen molar-refractivity contribution in [3.05, 3.63) is 63.4 Å². The lowest BCUT2D eigenvalue weighted by Crippen LogP contribution is -2.29. The van der Waals surface area contributed by atoms with Crippen molar-refractivity contribution >= 4 is 45.9 Å². The van der Waals surface area contributed by atoms with Crippen LogP contribution in [-0.2, 0) is 11.3 Å². The van der Waals surface area contributed by atoms with E-state index in [4.69, 9.17) is 11.6 Å². The number of hydrogen-bond donors (Lipinski definition) is 2. The topological polar surface area (TPSA) is 84.2 Å². The molecule has 3 rings (SSSR count). The molecule has 0 unspecified atom stereocenters. The molecule has 0 aliphatic carbocycles. The van der Waals surface area contributed by atoms with Gasteiger partial charge in [-0.05, 0) is 51.1 Å². The quantitative estimate of drug-likeness (QED) is 0.457. The number of thioether (sulfide) groups is 1. The van der Waals surface area contributed by atoms with Crippen LogP contribution in [0.4, 0.5) is 5.69 Å². The summed E-state index contributed by atoms with van der Waals surface area (Å²) in [7, 11) is 0. The summed E-state index contributed by atoms with van der Waals surface area (Å²) in [5.41, 5.74) is 1.98. The van der Waals surface area contributed by atoms with Crippen molar-refractivity contribution in [3.8, 4) is 0 Å². The number of rotatable bonds is 6. The first-order chi connectivity index (χ1) is 13.7. The molecule has 2 aromatic carbocycles. The van der Waals surface area contributed by atoms with Gasteiger partial charge in [0.2, 0.25) is 5.91 Å². The Morgan fingerprint density at radius 1 is 1.24 bits per heavy atom. The van der Waals surface area contributed by atoms with Gasteiger partial charge in [-0.1, -0.05) is 41.1 Å². The number of aliphatic hydroxyl groups is 1. The van der Waals surface area contributed by atoms with E-state index in [1.807, 2.05) is 31.2 Å². The van der Waals surface area contributed by atoms with Crippen LogP contribution in [-0.4, -0.2) is 31.9 Å². The molecule has 8 heteroatoms. The second-order valence-electron chi connectivity index (χ2n) is 6.94. The van der Waals surface area contributed by atoms with E-state index in [1.54, 1.807) is 32.0 Å². The van der Waals surface area contributed by atoms with Gasteiger partial charge in [-0.2, -0.15) is 0 Å². The fourth-order valence-electron chi connectivity index (χ4n) is 2.78. The van der Waals surface area contributed by atoms with Crippen LogP contribution in [0.2, 0.25) is 5.02 Å². The van der Waals surface area contributed by atoms with Gasteiger partial charge in [-0.15, -0.1) is 0 Å². The SMILES string of the molecule is Cc1ccc(NC(=O)[C@@H](C)Sc2nc3cc(Cl)ccc3c(=O)n2C[C@H](C)O)cc1. The number of anilines is 1. The van der Waals surface area contributed by atoms with E-state index in [9.17, 15) is 14.7 Å². The largest absolute Gasteiger partial charge is 0.392 e. The molecule has 0 spiro atoms. The van der Waals surface area contributed by atoms with Gasteiger partial charge in [0, 0.05) is 10.7 Å². The summed E-state index contributed by atoms with van der Waals surface area (Å²) < 4.78 is 1.40. The zero-order valence-corrected chi connectivity index (χ0v) is 17.9. The average Bonchev–Trinajstić information content (AvgIpc) is 2.66. The summed E-state index contributed by atoms with van der Waals surface area (Å²) in [4.78, 5) is 30.1. The first kappa shape index (κ1) is 21.4. The highest BCUT2D eigenvalue weighted by Crippen LogP contribution is 2.25. The van der Waals surface area contributed by atoms with Crippen molar-refractivity contribution in [1.29, 1.82) is 0 Å². The molecule has 0 bridgehead atoms. The maximum Gasteiger partial charge on any atom is 0.262 e. The van der Waals surface area contributed by atoms with Crippen molar-refractivity contribution in [2.45, 2.75) is 43.8 Å². The molecule has 0 fully saturated rings. The zero-order chi connectivity index (χ0) is 21.1. The number of nitrogens with zero attached hydrogens (tertiary/aromatic N) is 2. The number of fused-ring (bicyclic) bond motifs is 1. The van der Waals surface area contributed by atoms with Crippen LogP contribution in [0.15, 0.2) is 52.4 Å². The number of hydrogen-bond acceptors (Lipinski definition) is 5. The Morgan fingerprint density at radius 3 is 2.59 bits per heavy atom. The Morgan fingerprint density at radius 2 is 1.93 bits per heavy atom. The second-order valence-corrected chi connectivity index (χ2v) is 8.68. The molecular weight excluding hydrogens is 410 g/mol. The zero-order valence-electron chi connectivity index (χ0n) is 16.3. The predicted molar refractivity (Wildman–Crippen MR) is 118 cm³/mol. The van der Waals surface area contributed by atoms with Crippen LogP contribution in [0.3, 0.4) is 0 Å². The first-order valence-electron chi connectivity index (χ1n) is 9.17. The fraction of sp³-hybridized carbons (Fsp3) is 0.286. The Hall–Kier alpha value is -2.35. The lowest BCUT2D eigenvalue weighted by Gasteiger charge is -2.17. The molecule has 6 nitrogen and oxygen atoms in total. The molecule has 1 heterocycles. The third-order valence-corrected chi connectivity index (χ3v) is 5.62. The van der Waals surface area contributed by atoms with Crippen LogP contribution in [0.5, 0.6) is 0 Å². The van der Waals surface area contributed by atoms with Crippen LogP contribution in [0, 0.1) is 6.92 Å². The van der Waals surface area contributed by atoms with Crippen molar-refractivity contribution in [2.24, 2.45) is 0 Å². The van der Waals surface area contributed by atoms with E-state index in [0.29, 0.717) is 26.8 Å². The summed E-state index contributed by atoms with van der Waals surface area (Å²) in [6, 6.07) is 12.4. The van der Waals surface area contributed by atoms with Crippen LogP contribution in [0.25, 0.3) is 10.9 Å². The van der Waals surface area contributed by atoms with Crippen molar-refractivity contribution in [2.75, 3.05) is 5.32 Å². The number of carbonyl (C=O) groups is 1. The minimum absolute atomic E-state index is 0.0824. The second kappa shape index (κ2) is 8.98. The smallest absolute Gasteiger partial charge is 0.262 e. The average molecular weight is 432 g/mol. The molecule has 3 aromatic rings. The van der Waals surface area contributed by atoms with Crippen molar-refractivity contribution < 1.29 is 9.90 Å². The predicted octanol–water partition coefficient (Wildman–Crippen LogP) is 3.86. The van der Waals surface area contributed by atoms with Gasteiger partial charge in [0.05, 0.1) is 28.8 Å². The highest BCUT2D eigenvalue weighted by atomic mass is 35.5. The number of aromatic nitrogens is 2. The third-order valence-electron chi connectivity index (χ3n) is 4.30. The Balaban J connectivity index is 1.91. The van der Waals surface area contributed by atoms with Crippen LogP contribution >= 0.6 is 23.4 Å². The van der Waals surface area contributed by atoms with Crippen LogP contribution in [0.1, 0.15) is 19.4 Å². The summed E-state index contributed by atoms with van der Waals surface area (Å²) in [5.74, 6) is -0.206. The molecule has 0 saturated heterocycles. The molecule has 0 radical (unpaired) electrons. The number of amides is 1. The van der Waals surface area contributed by atoms with Crippen molar-refractivity contribution in [3.63, 3.8) is 0 Å². The number of nitrogens with one attached hydrogen (secondary N) is 1. The summed E-state index contributed by atoms with van der Waals surface area (Å²) in [6.07, 6.45) is -0.740. The van der Waals surface area contributed by atoms with E-state index >= 15 is 0 Å². The molecule has 1 amide bonds. The van der Waals surface area contributed by atoms with E-state index in [0.717, 1.165) is 17.3 Å². The molecule has 2 N–H and O–H groups in total. The van der Waals surface area contributed by atoms with Crippen LogP contribution < -0.4 is 10.9 Å². The number of benzene rings is 2. The van der Waals surface area contributed by atoms with E-state index in [-0.39, 0.29) is 18.0 Å². The molecule has 0 aliphatic rings. The molecule has 29 heavy (non-hydrogen) atoms. The van der Waals surface area contributed by atoms with Gasteiger partial charge < -0.3 is 10.4 Å². The summed E-state index contributed by atoms with van der Waals surface area (Å²) >= 11 is 7.21. The monoisotopic (exact) mass is 431 g/mol. The Labute approximate surface area is 177 Å². The molecule has 0 saturated carbocycles. The highest BCUT2D eigenvalue weighted by Gasteiger charge is 2.20. The number of halogens is 1. The maximum absolute atomic E-state index is 12.9. The minimum atomic E-state index is -0.740. The Kier molecular flexibility index (Phi) is 6.62. The summed E-state index contributed by atoms with van der Waals surface area (Å²) in [6.45, 7) is 5.40. The molecular formula is C21H22ClN3O3S. The standard InChI is InChI=1S/C21H22ClN3O3S/c1-12-4-7-16(8-5-12)23-19(27)14(3)29-21-24-18-10-15(22)6-9-17(18)20(28)25(21)11-13(2)26/h4-10,13-14,26H,11H2,1-3H3,(H,23,27)/t13-,14+/m0/s1. The summed E-state index contributed by atoms with van der Waals surface area (Å²) in [5, 5.41) is 13.4. The van der Waals surface area contributed by atoms with E-state index < -0.39 is 11.4 Å². The number of aliphatic hydroxyl groups excluding tert-OH is 1. The third kappa shape index (κ3) is 5.18. The van der Waals surface area contributed by atoms with Crippen molar-refractivity contribution in [1.82, 2.24) is 9.55 Å². The van der Waals surface area contributed by atoms with Gasteiger partial charge >= 0.3 is 0 Å². The molecule has 0 aliphatic heterocycles. The van der Waals surface area contributed by atoms with E-state index in [1.165, 1.54) is 4.57 Å². The number of carbonyl (C=O) groups excluding carboxylic acids is 1. The number of aryl methyl sites for hydroxylation is 1. The van der Waals surface area contributed by atoms with Gasteiger partial charge in [-0.3, -0.25) is 14.2 Å². The molecule has 2 atom stereocenters. The molecule has 152 valence electrons. The van der Waals surface area contributed by atoms with Gasteiger partial charge in [-0.25, -0.2) is 4.98 Å². The normalized spacial score (nSPS) is 13.3. The van der Waals surface area contributed by atoms with Gasteiger partial charge in [0.25, 0.3) is 5.56 Å². The molecule has 1 aromatic heterocycles. The van der Waals surface area contributed by atoms with Gasteiger partial charge in [0.15, 0.2) is 5.16 Å². The first-order valence-corrected chi connectivity index (χ1v) is 10.4. The Bertz CT molecular complexity index is 1100. The lowest BCUT2D eigenvalue weighted by molar-refractivity contribution is -0.115. The van der Waals surface area contributed by atoms with E-state index in [2.05, 4.69) is 10.3 Å². The lowest BCUT2D eigenvalue weighted by atomic mass is 10.2. The van der Waals surface area contributed by atoms with Gasteiger partial charge in [0.1, 0.15) is 0 Å². The maximum atomic E-state index is 12.9.